The highest BCUT2D eigenvalue weighted by atomic mass is 16.5. The summed E-state index contributed by atoms with van der Waals surface area (Å²) in [6.45, 7) is 5.20. The second kappa shape index (κ2) is 11.1. The minimum atomic E-state index is 0.159. The number of nitrogens with zero attached hydrogens (tertiary/aromatic N) is 3. The Kier molecular flexibility index (Phi) is 7.73. The van der Waals surface area contributed by atoms with Crippen LogP contribution in [0.5, 0.6) is 5.75 Å². The number of nitrogens with one attached hydrogen (secondary N) is 1. The Morgan fingerprint density at radius 2 is 1.86 bits per heavy atom. The largest absolute Gasteiger partial charge is 0.489 e. The summed E-state index contributed by atoms with van der Waals surface area (Å²) >= 11 is 0. The van der Waals surface area contributed by atoms with Gasteiger partial charge in [0.1, 0.15) is 12.4 Å². The van der Waals surface area contributed by atoms with Crippen LogP contribution in [0.25, 0.3) is 0 Å². The number of para-hydroxylation sites is 1. The highest BCUT2D eigenvalue weighted by molar-refractivity contribution is 5.79. The summed E-state index contributed by atoms with van der Waals surface area (Å²) in [7, 11) is 2.17. The third kappa shape index (κ3) is 6.44. The molecule has 7 nitrogen and oxygen atoms in total. The van der Waals surface area contributed by atoms with E-state index in [1.807, 2.05) is 17.0 Å². The molecule has 0 radical (unpaired) electrons. The number of fused-ring (bicyclic) bond motifs is 3. The first kappa shape index (κ1) is 24.3. The van der Waals surface area contributed by atoms with Crippen LogP contribution in [0, 0.1) is 11.8 Å². The molecule has 3 heterocycles. The Balaban J connectivity index is 1.34. The van der Waals surface area contributed by atoms with Crippen molar-refractivity contribution in [3.05, 3.63) is 42.0 Å². The Labute approximate surface area is 209 Å². The number of rotatable bonds is 4. The van der Waals surface area contributed by atoms with Crippen molar-refractivity contribution < 1.29 is 14.3 Å². The van der Waals surface area contributed by atoms with Gasteiger partial charge in [-0.2, -0.15) is 0 Å². The fourth-order valence-electron chi connectivity index (χ4n) is 5.79. The van der Waals surface area contributed by atoms with Gasteiger partial charge in [0.2, 0.25) is 11.8 Å². The molecule has 2 amide bonds. The van der Waals surface area contributed by atoms with E-state index in [0.717, 1.165) is 69.6 Å². The lowest BCUT2D eigenvalue weighted by molar-refractivity contribution is -0.136. The standard InChI is InChI=1S/C28H40N4O3/c1-30-13-11-25(12-14-30)32-19-23-5-2-3-7-26(23)35-16-4-6-22-18-31(28(34)20-32)15-10-21(22)17-27(33)29-24-8-9-24/h2-7,21-22,24-25H,8-20H2,1H3,(H,29,33)/t21-,22-/m0/s1. The van der Waals surface area contributed by atoms with Crippen molar-refractivity contribution in [1.82, 2.24) is 20.0 Å². The van der Waals surface area contributed by atoms with Crippen molar-refractivity contribution >= 4 is 11.8 Å². The number of ether oxygens (including phenoxy) is 1. The Morgan fingerprint density at radius 1 is 1.06 bits per heavy atom. The van der Waals surface area contributed by atoms with E-state index < -0.39 is 0 Å². The Hall–Kier alpha value is -2.38. The van der Waals surface area contributed by atoms with Crippen molar-refractivity contribution in [3.63, 3.8) is 0 Å². The van der Waals surface area contributed by atoms with Crippen molar-refractivity contribution in [3.8, 4) is 5.75 Å². The number of piperidine rings is 2. The molecule has 0 spiro atoms. The van der Waals surface area contributed by atoms with E-state index >= 15 is 0 Å². The van der Waals surface area contributed by atoms with Crippen LogP contribution in [0.3, 0.4) is 0 Å². The monoisotopic (exact) mass is 480 g/mol. The zero-order valence-corrected chi connectivity index (χ0v) is 21.0. The lowest BCUT2D eigenvalue weighted by atomic mass is 9.82. The van der Waals surface area contributed by atoms with Crippen LogP contribution in [0.4, 0.5) is 0 Å². The number of carbonyl (C=O) groups excluding carboxylic acids is 2. The predicted octanol–water partition coefficient (Wildman–Crippen LogP) is 2.66. The van der Waals surface area contributed by atoms with Gasteiger partial charge in [0.25, 0.3) is 0 Å². The molecule has 1 aromatic carbocycles. The van der Waals surface area contributed by atoms with E-state index in [4.69, 9.17) is 4.74 Å². The fraction of sp³-hybridized carbons (Fsp3) is 0.643. The van der Waals surface area contributed by atoms with Crippen LogP contribution < -0.4 is 10.1 Å². The number of benzene rings is 1. The smallest absolute Gasteiger partial charge is 0.236 e. The first-order valence-corrected chi connectivity index (χ1v) is 13.4. The average molecular weight is 481 g/mol. The lowest BCUT2D eigenvalue weighted by Crippen LogP contribution is -2.51. The zero-order valence-electron chi connectivity index (χ0n) is 21.0. The highest BCUT2D eigenvalue weighted by Crippen LogP contribution is 2.30. The Bertz CT molecular complexity index is 923. The SMILES string of the molecule is CN1CCC(N2CC(=O)N3CC[C@@H](CC(=O)NC4CC4)[C@@H](C=CCOc4ccccc4C2)C3)CC1. The summed E-state index contributed by atoms with van der Waals surface area (Å²) < 4.78 is 6.20. The molecule has 2 atom stereocenters. The van der Waals surface area contributed by atoms with Crippen LogP contribution >= 0.6 is 0 Å². The first-order valence-electron chi connectivity index (χ1n) is 13.4. The van der Waals surface area contributed by atoms with Gasteiger partial charge in [-0.15, -0.1) is 0 Å². The van der Waals surface area contributed by atoms with Gasteiger partial charge < -0.3 is 19.9 Å². The Morgan fingerprint density at radius 3 is 2.66 bits per heavy atom. The molecule has 7 heteroatoms. The number of carbonyl (C=O) groups is 2. The van der Waals surface area contributed by atoms with Crippen LogP contribution in [0.1, 0.15) is 44.1 Å². The maximum atomic E-state index is 13.6. The van der Waals surface area contributed by atoms with Crippen molar-refractivity contribution in [2.75, 3.05) is 46.4 Å². The van der Waals surface area contributed by atoms with E-state index in [-0.39, 0.29) is 23.7 Å². The molecule has 4 aliphatic rings. The molecule has 3 aliphatic heterocycles. The van der Waals surface area contributed by atoms with Gasteiger partial charge in [0, 0.05) is 43.7 Å². The molecule has 1 N–H and O–H groups in total. The van der Waals surface area contributed by atoms with E-state index in [9.17, 15) is 9.59 Å². The quantitative estimate of drug-likeness (QED) is 0.672. The van der Waals surface area contributed by atoms with Crippen LogP contribution in [0.15, 0.2) is 36.4 Å². The molecule has 2 saturated heterocycles. The van der Waals surface area contributed by atoms with Gasteiger partial charge in [0.15, 0.2) is 0 Å². The number of amides is 2. The minimum absolute atomic E-state index is 0.159. The maximum Gasteiger partial charge on any atom is 0.236 e. The van der Waals surface area contributed by atoms with E-state index in [1.54, 1.807) is 0 Å². The highest BCUT2D eigenvalue weighted by Gasteiger charge is 2.34. The van der Waals surface area contributed by atoms with E-state index in [0.29, 0.717) is 38.2 Å². The average Bonchev–Trinajstić information content (AvgIpc) is 3.67. The first-order chi connectivity index (χ1) is 17.0. The molecule has 35 heavy (non-hydrogen) atoms. The molecular formula is C28H40N4O3. The van der Waals surface area contributed by atoms with Gasteiger partial charge in [-0.05, 0) is 70.1 Å². The minimum Gasteiger partial charge on any atom is -0.489 e. The zero-order chi connectivity index (χ0) is 24.2. The van der Waals surface area contributed by atoms with Crippen molar-refractivity contribution in [2.24, 2.45) is 11.8 Å². The number of likely N-dealkylation sites (tertiary alicyclic amines) is 1. The van der Waals surface area contributed by atoms with Gasteiger partial charge >= 0.3 is 0 Å². The molecule has 3 fully saturated rings. The number of hydrogen-bond donors (Lipinski definition) is 1. The summed E-state index contributed by atoms with van der Waals surface area (Å²) in [6, 6.07) is 9.00. The van der Waals surface area contributed by atoms with E-state index in [2.05, 4.69) is 46.4 Å². The molecular weight excluding hydrogens is 440 g/mol. The van der Waals surface area contributed by atoms with Crippen molar-refractivity contribution in [2.45, 2.75) is 57.2 Å². The van der Waals surface area contributed by atoms with Crippen LogP contribution in [-0.4, -0.2) is 85.0 Å². The van der Waals surface area contributed by atoms with Gasteiger partial charge in [-0.3, -0.25) is 14.5 Å². The molecule has 5 rings (SSSR count). The summed E-state index contributed by atoms with van der Waals surface area (Å²) in [6.07, 6.45) is 10.0. The predicted molar refractivity (Wildman–Crippen MR) is 136 cm³/mol. The molecule has 1 aliphatic carbocycles. The second-order valence-corrected chi connectivity index (χ2v) is 10.9. The summed E-state index contributed by atoms with van der Waals surface area (Å²) in [4.78, 5) is 32.9. The number of hydrogen-bond acceptors (Lipinski definition) is 5. The molecule has 0 aromatic heterocycles. The lowest BCUT2D eigenvalue weighted by Gasteiger charge is -2.40. The summed E-state index contributed by atoms with van der Waals surface area (Å²) in [5.74, 6) is 1.70. The second-order valence-electron chi connectivity index (χ2n) is 10.9. The van der Waals surface area contributed by atoms with Crippen molar-refractivity contribution in [1.29, 1.82) is 0 Å². The van der Waals surface area contributed by atoms with Gasteiger partial charge in [-0.1, -0.05) is 30.4 Å². The molecule has 1 aromatic rings. The summed E-state index contributed by atoms with van der Waals surface area (Å²) in [5, 5.41) is 3.14. The molecule has 0 unspecified atom stereocenters. The maximum absolute atomic E-state index is 13.6. The molecule has 1 saturated carbocycles. The van der Waals surface area contributed by atoms with Gasteiger partial charge in [0.05, 0.1) is 6.54 Å². The fourth-order valence-corrected chi connectivity index (χ4v) is 5.79. The third-order valence-corrected chi connectivity index (χ3v) is 8.16. The van der Waals surface area contributed by atoms with Gasteiger partial charge in [-0.25, -0.2) is 0 Å². The summed E-state index contributed by atoms with van der Waals surface area (Å²) in [5.41, 5.74) is 1.14. The molecule has 190 valence electrons. The van der Waals surface area contributed by atoms with Crippen LogP contribution in [-0.2, 0) is 16.1 Å². The van der Waals surface area contributed by atoms with Crippen LogP contribution in [0.2, 0.25) is 0 Å². The van der Waals surface area contributed by atoms with E-state index in [1.165, 1.54) is 0 Å². The third-order valence-electron chi connectivity index (χ3n) is 8.16. The topological polar surface area (TPSA) is 65.1 Å². The molecule has 2 bridgehead atoms. The normalized spacial score (nSPS) is 27.2.